The fourth-order valence-corrected chi connectivity index (χ4v) is 5.11. The highest BCUT2D eigenvalue weighted by Gasteiger charge is 2.39. The Bertz CT molecular complexity index is 190. The molecule has 1 heteroatoms. The molecule has 2 rings (SSSR count). The molecule has 0 N–H and O–H groups in total. The summed E-state index contributed by atoms with van der Waals surface area (Å²) < 4.78 is 0. The second kappa shape index (κ2) is 6.93. The molecule has 94 valence electrons. The van der Waals surface area contributed by atoms with Gasteiger partial charge in [-0.05, 0) is 43.3 Å². The van der Waals surface area contributed by atoms with Gasteiger partial charge in [0.2, 0.25) is 0 Å². The number of thioether (sulfide) groups is 1. The molecular weight excluding hydrogens is 212 g/mol. The maximum atomic E-state index is 2.31. The van der Waals surface area contributed by atoms with Gasteiger partial charge < -0.3 is 0 Å². The van der Waals surface area contributed by atoms with Crippen LogP contribution in [0, 0.1) is 11.8 Å². The first-order chi connectivity index (χ1) is 7.90. The van der Waals surface area contributed by atoms with Gasteiger partial charge in [-0.2, -0.15) is 11.8 Å². The number of hydrogen-bond acceptors (Lipinski definition) is 1. The molecule has 16 heavy (non-hydrogen) atoms. The molecule has 0 aromatic heterocycles. The standard InChI is InChI=1S/C15H28S/c1-2-3-4-5-6-7-10-16-15-12-13-8-9-14(15)11-13/h13-15H,2-12H2,1H3/t13-,14+,15+/m0/s1. The van der Waals surface area contributed by atoms with Crippen molar-refractivity contribution in [1.29, 1.82) is 0 Å². The van der Waals surface area contributed by atoms with Crippen LogP contribution in [-0.2, 0) is 0 Å². The third-order valence-corrected chi connectivity index (χ3v) is 6.03. The normalized spacial score (nSPS) is 32.4. The second-order valence-electron chi connectivity index (χ2n) is 5.85. The van der Waals surface area contributed by atoms with Crippen molar-refractivity contribution in [2.75, 3.05) is 5.75 Å². The molecule has 0 aromatic carbocycles. The molecule has 2 aliphatic carbocycles. The van der Waals surface area contributed by atoms with E-state index in [1.54, 1.807) is 25.7 Å². The number of hydrogen-bond donors (Lipinski definition) is 0. The average molecular weight is 240 g/mol. The summed E-state index contributed by atoms with van der Waals surface area (Å²) in [5.74, 6) is 3.70. The van der Waals surface area contributed by atoms with Crippen molar-refractivity contribution in [3.05, 3.63) is 0 Å². The number of rotatable bonds is 8. The molecule has 0 heterocycles. The van der Waals surface area contributed by atoms with Gasteiger partial charge in [-0.1, -0.05) is 45.4 Å². The van der Waals surface area contributed by atoms with Crippen molar-refractivity contribution in [3.8, 4) is 0 Å². The third kappa shape index (κ3) is 3.68. The molecule has 0 radical (unpaired) electrons. The number of unbranched alkanes of at least 4 members (excludes halogenated alkanes) is 5. The summed E-state index contributed by atoms with van der Waals surface area (Å²) in [6.07, 6.45) is 15.0. The molecule has 2 saturated carbocycles. The van der Waals surface area contributed by atoms with Crippen LogP contribution in [0.3, 0.4) is 0 Å². The Morgan fingerprint density at radius 2 is 1.75 bits per heavy atom. The lowest BCUT2D eigenvalue weighted by Crippen LogP contribution is -2.12. The topological polar surface area (TPSA) is 0 Å². The van der Waals surface area contributed by atoms with E-state index in [1.165, 1.54) is 44.3 Å². The van der Waals surface area contributed by atoms with Crippen LogP contribution in [0.4, 0.5) is 0 Å². The Morgan fingerprint density at radius 1 is 0.938 bits per heavy atom. The SMILES string of the molecule is CCCCCCCCS[C@@H]1C[C@H]2CC[C@@H]1C2. The zero-order chi connectivity index (χ0) is 11.2. The maximum Gasteiger partial charge on any atom is 0.00780 e. The van der Waals surface area contributed by atoms with E-state index in [0.29, 0.717) is 0 Å². The highest BCUT2D eigenvalue weighted by molar-refractivity contribution is 7.99. The van der Waals surface area contributed by atoms with Crippen LogP contribution in [0.1, 0.15) is 71.1 Å². The molecule has 0 nitrogen and oxygen atoms in total. The van der Waals surface area contributed by atoms with E-state index in [0.717, 1.165) is 17.1 Å². The van der Waals surface area contributed by atoms with Gasteiger partial charge in [0.15, 0.2) is 0 Å². The van der Waals surface area contributed by atoms with Gasteiger partial charge in [0.05, 0.1) is 0 Å². The Labute approximate surface area is 106 Å². The minimum atomic E-state index is 1.06. The summed E-state index contributed by atoms with van der Waals surface area (Å²) in [4.78, 5) is 0. The average Bonchev–Trinajstić information content (AvgIpc) is 2.90. The molecule has 0 unspecified atom stereocenters. The highest BCUT2D eigenvalue weighted by Crippen LogP contribution is 2.49. The molecule has 0 spiro atoms. The Hall–Kier alpha value is 0.350. The molecule has 3 atom stereocenters. The predicted octanol–water partition coefficient (Wildman–Crippen LogP) is 5.27. The Balaban J connectivity index is 1.43. The molecule has 0 aliphatic heterocycles. The van der Waals surface area contributed by atoms with E-state index >= 15 is 0 Å². The van der Waals surface area contributed by atoms with Gasteiger partial charge in [0.25, 0.3) is 0 Å². The van der Waals surface area contributed by atoms with Gasteiger partial charge in [-0.15, -0.1) is 0 Å². The zero-order valence-electron chi connectivity index (χ0n) is 10.9. The third-order valence-electron chi connectivity index (χ3n) is 4.50. The highest BCUT2D eigenvalue weighted by atomic mass is 32.2. The molecule has 2 aliphatic rings. The molecule has 0 saturated heterocycles. The van der Waals surface area contributed by atoms with Crippen molar-refractivity contribution in [2.24, 2.45) is 11.8 Å². The van der Waals surface area contributed by atoms with E-state index in [9.17, 15) is 0 Å². The van der Waals surface area contributed by atoms with E-state index in [1.807, 2.05) is 0 Å². The van der Waals surface area contributed by atoms with E-state index in [4.69, 9.17) is 0 Å². The summed E-state index contributed by atoms with van der Waals surface area (Å²) in [7, 11) is 0. The van der Waals surface area contributed by atoms with Crippen molar-refractivity contribution >= 4 is 11.8 Å². The monoisotopic (exact) mass is 240 g/mol. The summed E-state index contributed by atoms with van der Waals surface area (Å²) in [6.45, 7) is 2.30. The van der Waals surface area contributed by atoms with Crippen LogP contribution in [0.5, 0.6) is 0 Å². The van der Waals surface area contributed by atoms with E-state index in [2.05, 4.69) is 18.7 Å². The molecular formula is C15H28S. The first-order valence-corrected chi connectivity index (χ1v) is 8.56. The fourth-order valence-electron chi connectivity index (χ4n) is 3.51. The van der Waals surface area contributed by atoms with Crippen molar-refractivity contribution in [3.63, 3.8) is 0 Å². The van der Waals surface area contributed by atoms with Crippen LogP contribution in [-0.4, -0.2) is 11.0 Å². The Kier molecular flexibility index (Phi) is 5.55. The zero-order valence-corrected chi connectivity index (χ0v) is 11.7. The maximum absolute atomic E-state index is 2.31. The second-order valence-corrected chi connectivity index (χ2v) is 7.20. The smallest absolute Gasteiger partial charge is 0.00780 e. The van der Waals surface area contributed by atoms with E-state index in [-0.39, 0.29) is 0 Å². The fraction of sp³-hybridized carbons (Fsp3) is 1.00. The number of fused-ring (bicyclic) bond motifs is 2. The van der Waals surface area contributed by atoms with Crippen LogP contribution in [0.2, 0.25) is 0 Å². The minimum Gasteiger partial charge on any atom is -0.158 e. The van der Waals surface area contributed by atoms with Crippen molar-refractivity contribution in [1.82, 2.24) is 0 Å². The van der Waals surface area contributed by atoms with Gasteiger partial charge in [0, 0.05) is 5.25 Å². The Morgan fingerprint density at radius 3 is 2.44 bits per heavy atom. The summed E-state index contributed by atoms with van der Waals surface area (Å²) in [6, 6.07) is 0. The summed E-state index contributed by atoms with van der Waals surface area (Å²) in [5.41, 5.74) is 0. The van der Waals surface area contributed by atoms with Gasteiger partial charge >= 0.3 is 0 Å². The lowest BCUT2D eigenvalue weighted by molar-refractivity contribution is 0.492. The lowest BCUT2D eigenvalue weighted by Gasteiger charge is -2.20. The van der Waals surface area contributed by atoms with Crippen LogP contribution in [0.25, 0.3) is 0 Å². The first kappa shape index (κ1) is 12.8. The molecule has 0 amide bonds. The predicted molar refractivity (Wildman–Crippen MR) is 75.1 cm³/mol. The largest absolute Gasteiger partial charge is 0.158 e. The van der Waals surface area contributed by atoms with Crippen LogP contribution in [0.15, 0.2) is 0 Å². The van der Waals surface area contributed by atoms with Crippen molar-refractivity contribution in [2.45, 2.75) is 76.4 Å². The van der Waals surface area contributed by atoms with Gasteiger partial charge in [-0.3, -0.25) is 0 Å². The van der Waals surface area contributed by atoms with Crippen molar-refractivity contribution < 1.29 is 0 Å². The van der Waals surface area contributed by atoms with E-state index < -0.39 is 0 Å². The quantitative estimate of drug-likeness (QED) is 0.521. The molecule has 2 fully saturated rings. The minimum absolute atomic E-state index is 1.06. The van der Waals surface area contributed by atoms with Crippen LogP contribution < -0.4 is 0 Å². The molecule has 0 aromatic rings. The van der Waals surface area contributed by atoms with Gasteiger partial charge in [-0.25, -0.2) is 0 Å². The molecule has 2 bridgehead atoms. The first-order valence-electron chi connectivity index (χ1n) is 7.51. The summed E-state index contributed by atoms with van der Waals surface area (Å²) >= 11 is 2.31. The summed E-state index contributed by atoms with van der Waals surface area (Å²) in [5, 5.41) is 1.06. The van der Waals surface area contributed by atoms with Crippen LogP contribution >= 0.6 is 11.8 Å². The van der Waals surface area contributed by atoms with Gasteiger partial charge in [0.1, 0.15) is 0 Å². The lowest BCUT2D eigenvalue weighted by atomic mass is 10.0.